The van der Waals surface area contributed by atoms with Gasteiger partial charge >= 0.3 is 6.03 Å². The van der Waals surface area contributed by atoms with Crippen molar-refractivity contribution in [3.8, 4) is 0 Å². The summed E-state index contributed by atoms with van der Waals surface area (Å²) in [4.78, 5) is 14.1. The van der Waals surface area contributed by atoms with Crippen molar-refractivity contribution in [3.05, 3.63) is 0 Å². The molecule has 3 nitrogen and oxygen atoms in total. The quantitative estimate of drug-likeness (QED) is 0.464. The van der Waals surface area contributed by atoms with E-state index < -0.39 is 0 Å². The number of amides is 2. The topological polar surface area (TPSA) is 23.6 Å². The van der Waals surface area contributed by atoms with Crippen LogP contribution < -0.4 is 0 Å². The number of carbonyl (C=O) groups excluding carboxylic acids is 1. The monoisotopic (exact) mass is 182 g/mol. The third-order valence-corrected chi connectivity index (χ3v) is 2.05. The molecular formula is C5H8Cl2N2O. The van der Waals surface area contributed by atoms with Gasteiger partial charge in [-0.1, -0.05) is 0 Å². The molecule has 0 unspecified atom stereocenters. The summed E-state index contributed by atoms with van der Waals surface area (Å²) in [5, 5.41) is 0. The lowest BCUT2D eigenvalue weighted by molar-refractivity contribution is 0.202. The molecule has 0 aliphatic carbocycles. The lowest BCUT2D eigenvalue weighted by Gasteiger charge is -2.12. The zero-order valence-corrected chi connectivity index (χ0v) is 6.90. The highest BCUT2D eigenvalue weighted by atomic mass is 35.5. The van der Waals surface area contributed by atoms with Gasteiger partial charge in [-0.2, -0.15) is 0 Å². The van der Waals surface area contributed by atoms with Crippen LogP contribution in [0.5, 0.6) is 0 Å². The Balaban J connectivity index is 2.49. The van der Waals surface area contributed by atoms with E-state index >= 15 is 0 Å². The predicted molar refractivity (Wildman–Crippen MR) is 40.2 cm³/mol. The van der Waals surface area contributed by atoms with E-state index in [2.05, 4.69) is 0 Å². The van der Waals surface area contributed by atoms with Gasteiger partial charge in [0.1, 0.15) is 0 Å². The maximum atomic E-state index is 11.1. The van der Waals surface area contributed by atoms with Crippen molar-refractivity contribution in [2.45, 2.75) is 0 Å². The SMILES string of the molecule is O=C1N(CCl)CCN1CCl. The Morgan fingerprint density at radius 3 is 1.80 bits per heavy atom. The van der Waals surface area contributed by atoms with Gasteiger partial charge in [0, 0.05) is 13.1 Å². The molecule has 0 saturated carbocycles. The number of carbonyl (C=O) groups is 1. The van der Waals surface area contributed by atoms with E-state index in [0.717, 1.165) is 0 Å². The van der Waals surface area contributed by atoms with Crippen molar-refractivity contribution in [2.75, 3.05) is 25.1 Å². The summed E-state index contributed by atoms with van der Waals surface area (Å²) >= 11 is 10.9. The Kier molecular flexibility index (Phi) is 2.63. The molecule has 0 bridgehead atoms. The van der Waals surface area contributed by atoms with Gasteiger partial charge in [-0.05, 0) is 0 Å². The van der Waals surface area contributed by atoms with Crippen LogP contribution in [-0.2, 0) is 0 Å². The summed E-state index contributed by atoms with van der Waals surface area (Å²) in [7, 11) is 0. The zero-order chi connectivity index (χ0) is 7.56. The van der Waals surface area contributed by atoms with E-state index in [1.54, 1.807) is 9.80 Å². The number of urea groups is 1. The minimum absolute atomic E-state index is 0.0648. The van der Waals surface area contributed by atoms with Gasteiger partial charge < -0.3 is 9.80 Å². The number of halogens is 2. The van der Waals surface area contributed by atoms with E-state index in [1.165, 1.54) is 0 Å². The normalized spacial score (nSPS) is 18.8. The highest BCUT2D eigenvalue weighted by Gasteiger charge is 2.26. The van der Waals surface area contributed by atoms with Crippen LogP contribution in [0.3, 0.4) is 0 Å². The first-order valence-corrected chi connectivity index (χ1v) is 4.02. The van der Waals surface area contributed by atoms with Gasteiger partial charge in [0.25, 0.3) is 0 Å². The highest BCUT2D eigenvalue weighted by Crippen LogP contribution is 2.09. The van der Waals surface area contributed by atoms with Crippen molar-refractivity contribution < 1.29 is 4.79 Å². The van der Waals surface area contributed by atoms with Crippen molar-refractivity contribution in [2.24, 2.45) is 0 Å². The van der Waals surface area contributed by atoms with Gasteiger partial charge in [0.2, 0.25) is 0 Å². The minimum atomic E-state index is -0.0648. The molecule has 1 aliphatic heterocycles. The Morgan fingerprint density at radius 2 is 1.60 bits per heavy atom. The Bertz CT molecular complexity index is 128. The molecule has 0 aromatic carbocycles. The fourth-order valence-corrected chi connectivity index (χ4v) is 1.30. The first-order chi connectivity index (χ1) is 4.79. The number of hydrogen-bond donors (Lipinski definition) is 0. The van der Waals surface area contributed by atoms with E-state index in [-0.39, 0.29) is 18.0 Å². The number of alkyl halides is 2. The summed E-state index contributed by atoms with van der Waals surface area (Å²) in [6.07, 6.45) is 0. The first-order valence-electron chi connectivity index (χ1n) is 2.95. The van der Waals surface area contributed by atoms with Gasteiger partial charge in [-0.15, -0.1) is 23.2 Å². The summed E-state index contributed by atoms with van der Waals surface area (Å²) in [5.74, 6) is 0. The maximum absolute atomic E-state index is 11.1. The van der Waals surface area contributed by atoms with Crippen molar-refractivity contribution in [3.63, 3.8) is 0 Å². The van der Waals surface area contributed by atoms with Crippen LogP contribution in [0.15, 0.2) is 0 Å². The molecule has 0 spiro atoms. The summed E-state index contributed by atoms with van der Waals surface area (Å²) in [6, 6.07) is 0.448. The third kappa shape index (κ3) is 1.30. The smallest absolute Gasteiger partial charge is 0.309 e. The van der Waals surface area contributed by atoms with Crippen LogP contribution in [0.4, 0.5) is 4.79 Å². The van der Waals surface area contributed by atoms with E-state index in [4.69, 9.17) is 23.2 Å². The molecule has 1 aliphatic rings. The van der Waals surface area contributed by atoms with Gasteiger partial charge in [0.15, 0.2) is 0 Å². The minimum Gasteiger partial charge on any atom is -0.309 e. The van der Waals surface area contributed by atoms with Crippen LogP contribution in [0.2, 0.25) is 0 Å². The van der Waals surface area contributed by atoms with E-state index in [9.17, 15) is 4.79 Å². The fraction of sp³-hybridized carbons (Fsp3) is 0.800. The maximum Gasteiger partial charge on any atom is 0.322 e. The Hall–Kier alpha value is -0.150. The van der Waals surface area contributed by atoms with Crippen molar-refractivity contribution >= 4 is 29.2 Å². The lowest BCUT2D eigenvalue weighted by Crippen LogP contribution is -2.30. The van der Waals surface area contributed by atoms with Crippen LogP contribution >= 0.6 is 23.2 Å². The summed E-state index contributed by atoms with van der Waals surface area (Å²) < 4.78 is 0. The van der Waals surface area contributed by atoms with Crippen LogP contribution in [-0.4, -0.2) is 40.9 Å². The van der Waals surface area contributed by atoms with Crippen molar-refractivity contribution in [1.82, 2.24) is 9.80 Å². The molecular weight excluding hydrogens is 175 g/mol. The molecule has 0 N–H and O–H groups in total. The molecule has 10 heavy (non-hydrogen) atoms. The van der Waals surface area contributed by atoms with Crippen molar-refractivity contribution in [1.29, 1.82) is 0 Å². The first kappa shape index (κ1) is 7.95. The van der Waals surface area contributed by atoms with Crippen LogP contribution in [0, 0.1) is 0 Å². The second-order valence-corrected chi connectivity index (χ2v) is 2.53. The van der Waals surface area contributed by atoms with E-state index in [0.29, 0.717) is 13.1 Å². The predicted octanol–water partition coefficient (Wildman–Crippen LogP) is 1.12. The molecule has 0 aromatic rings. The molecule has 1 rings (SSSR count). The van der Waals surface area contributed by atoms with E-state index in [1.807, 2.05) is 0 Å². The standard InChI is InChI=1S/C5H8Cl2N2O/c6-3-8-1-2-9(4-7)5(8)10/h1-4H2. The third-order valence-electron chi connectivity index (χ3n) is 1.47. The number of nitrogens with zero attached hydrogens (tertiary/aromatic N) is 2. The zero-order valence-electron chi connectivity index (χ0n) is 5.39. The highest BCUT2D eigenvalue weighted by molar-refractivity contribution is 6.19. The summed E-state index contributed by atoms with van der Waals surface area (Å²) in [6.45, 7) is 1.38. The molecule has 2 amide bonds. The molecule has 1 fully saturated rings. The molecule has 1 saturated heterocycles. The molecule has 1 heterocycles. The number of rotatable bonds is 2. The average Bonchev–Trinajstić information content (AvgIpc) is 2.30. The van der Waals surface area contributed by atoms with Gasteiger partial charge in [-0.25, -0.2) is 4.79 Å². The summed E-state index contributed by atoms with van der Waals surface area (Å²) in [5.41, 5.74) is 0. The lowest BCUT2D eigenvalue weighted by atomic mass is 10.6. The van der Waals surface area contributed by atoms with Crippen LogP contribution in [0.1, 0.15) is 0 Å². The molecule has 58 valence electrons. The second-order valence-electron chi connectivity index (χ2n) is 2.05. The van der Waals surface area contributed by atoms with Gasteiger partial charge in [-0.3, -0.25) is 0 Å². The van der Waals surface area contributed by atoms with Crippen LogP contribution in [0.25, 0.3) is 0 Å². The second kappa shape index (κ2) is 3.30. The average molecular weight is 183 g/mol. The molecule has 0 aromatic heterocycles. The Labute approximate surface area is 69.5 Å². The largest absolute Gasteiger partial charge is 0.322 e. The number of hydrogen-bond acceptors (Lipinski definition) is 1. The fourth-order valence-electron chi connectivity index (χ4n) is 0.854. The molecule has 0 atom stereocenters. The Morgan fingerprint density at radius 1 is 1.20 bits per heavy atom. The molecule has 5 heteroatoms. The van der Waals surface area contributed by atoms with Gasteiger partial charge in [0.05, 0.1) is 12.0 Å². The molecule has 0 radical (unpaired) electrons.